The van der Waals surface area contributed by atoms with E-state index in [-0.39, 0.29) is 0 Å². The Bertz CT molecular complexity index is 255. The van der Waals surface area contributed by atoms with E-state index in [2.05, 4.69) is 4.98 Å². The lowest BCUT2D eigenvalue weighted by molar-refractivity contribution is -0.0845. The SMILES string of the molecule is OC1(Cc2nccs2)CCCOC1. The molecule has 3 nitrogen and oxygen atoms in total. The summed E-state index contributed by atoms with van der Waals surface area (Å²) in [5, 5.41) is 13.0. The molecule has 1 unspecified atom stereocenters. The molecule has 0 aromatic carbocycles. The second-order valence-electron chi connectivity index (χ2n) is 3.48. The Kier molecular flexibility index (Phi) is 2.62. The van der Waals surface area contributed by atoms with Gasteiger partial charge in [-0.05, 0) is 12.8 Å². The Balaban J connectivity index is 1.99. The van der Waals surface area contributed by atoms with Crippen molar-refractivity contribution >= 4 is 11.3 Å². The summed E-state index contributed by atoms with van der Waals surface area (Å²) >= 11 is 1.59. The maximum Gasteiger partial charge on any atom is 0.0954 e. The normalized spacial score (nSPS) is 29.0. The van der Waals surface area contributed by atoms with Gasteiger partial charge in [0.25, 0.3) is 0 Å². The molecule has 2 heterocycles. The number of thiazole rings is 1. The van der Waals surface area contributed by atoms with Crippen molar-refractivity contribution < 1.29 is 9.84 Å². The summed E-state index contributed by atoms with van der Waals surface area (Å²) in [6, 6.07) is 0. The van der Waals surface area contributed by atoms with E-state index in [9.17, 15) is 5.11 Å². The van der Waals surface area contributed by atoms with Gasteiger partial charge in [0.05, 0.1) is 17.2 Å². The lowest BCUT2D eigenvalue weighted by atomic mass is 9.93. The molecule has 72 valence electrons. The standard InChI is InChI=1S/C9H13NO2S/c11-9(2-1-4-12-7-9)6-8-10-3-5-13-8/h3,5,11H,1-2,4,6-7H2. The molecule has 13 heavy (non-hydrogen) atoms. The van der Waals surface area contributed by atoms with Crippen LogP contribution in [0.15, 0.2) is 11.6 Å². The van der Waals surface area contributed by atoms with Crippen molar-refractivity contribution in [3.63, 3.8) is 0 Å². The van der Waals surface area contributed by atoms with E-state index >= 15 is 0 Å². The molecule has 1 aliphatic rings. The number of hydrogen-bond donors (Lipinski definition) is 1. The van der Waals surface area contributed by atoms with Gasteiger partial charge in [0.1, 0.15) is 0 Å². The molecule has 1 aliphatic heterocycles. The van der Waals surface area contributed by atoms with Crippen molar-refractivity contribution in [3.05, 3.63) is 16.6 Å². The third-order valence-electron chi connectivity index (χ3n) is 2.27. The number of aliphatic hydroxyl groups is 1. The zero-order chi connectivity index (χ0) is 9.15. The van der Waals surface area contributed by atoms with Crippen LogP contribution < -0.4 is 0 Å². The van der Waals surface area contributed by atoms with E-state index < -0.39 is 5.60 Å². The minimum Gasteiger partial charge on any atom is -0.387 e. The van der Waals surface area contributed by atoms with Crippen molar-refractivity contribution in [2.75, 3.05) is 13.2 Å². The molecule has 0 bridgehead atoms. The van der Waals surface area contributed by atoms with Gasteiger partial charge in [-0.2, -0.15) is 0 Å². The Morgan fingerprint density at radius 3 is 3.23 bits per heavy atom. The van der Waals surface area contributed by atoms with Crippen LogP contribution in [0.4, 0.5) is 0 Å². The van der Waals surface area contributed by atoms with Gasteiger partial charge in [-0.1, -0.05) is 0 Å². The highest BCUT2D eigenvalue weighted by Gasteiger charge is 2.30. The summed E-state index contributed by atoms with van der Waals surface area (Å²) in [7, 11) is 0. The fraction of sp³-hybridized carbons (Fsp3) is 0.667. The Morgan fingerprint density at radius 2 is 2.62 bits per heavy atom. The molecule has 1 aromatic heterocycles. The lowest BCUT2D eigenvalue weighted by Crippen LogP contribution is -2.40. The molecular formula is C9H13NO2S. The van der Waals surface area contributed by atoms with E-state index in [1.54, 1.807) is 17.5 Å². The van der Waals surface area contributed by atoms with Crippen LogP contribution in [0, 0.1) is 0 Å². The molecule has 1 atom stereocenters. The highest BCUT2D eigenvalue weighted by Crippen LogP contribution is 2.24. The molecule has 1 saturated heterocycles. The van der Waals surface area contributed by atoms with Crippen LogP contribution in [0.1, 0.15) is 17.8 Å². The van der Waals surface area contributed by atoms with Gasteiger partial charge in [0.15, 0.2) is 0 Å². The zero-order valence-corrected chi connectivity index (χ0v) is 8.22. The summed E-state index contributed by atoms with van der Waals surface area (Å²) in [4.78, 5) is 4.16. The van der Waals surface area contributed by atoms with Crippen molar-refractivity contribution in [2.45, 2.75) is 24.9 Å². The molecule has 1 fully saturated rings. The summed E-state index contributed by atoms with van der Waals surface area (Å²) in [6.07, 6.45) is 4.17. The Labute approximate surface area is 81.4 Å². The predicted molar refractivity (Wildman–Crippen MR) is 50.8 cm³/mol. The van der Waals surface area contributed by atoms with Crippen LogP contribution in [-0.2, 0) is 11.2 Å². The number of hydrogen-bond acceptors (Lipinski definition) is 4. The number of aromatic nitrogens is 1. The quantitative estimate of drug-likeness (QED) is 0.779. The molecule has 0 radical (unpaired) electrons. The van der Waals surface area contributed by atoms with Gasteiger partial charge in [0.2, 0.25) is 0 Å². The van der Waals surface area contributed by atoms with Gasteiger partial charge in [-0.15, -0.1) is 11.3 Å². The molecule has 0 aliphatic carbocycles. The van der Waals surface area contributed by atoms with E-state index in [0.29, 0.717) is 13.0 Å². The zero-order valence-electron chi connectivity index (χ0n) is 7.40. The van der Waals surface area contributed by atoms with Crippen LogP contribution in [0.2, 0.25) is 0 Å². The van der Waals surface area contributed by atoms with Gasteiger partial charge in [0, 0.05) is 24.6 Å². The fourth-order valence-corrected chi connectivity index (χ4v) is 2.35. The van der Waals surface area contributed by atoms with Crippen LogP contribution in [0.5, 0.6) is 0 Å². The van der Waals surface area contributed by atoms with Gasteiger partial charge >= 0.3 is 0 Å². The van der Waals surface area contributed by atoms with Gasteiger partial charge in [-0.3, -0.25) is 0 Å². The van der Waals surface area contributed by atoms with Crippen LogP contribution >= 0.6 is 11.3 Å². The van der Waals surface area contributed by atoms with Crippen molar-refractivity contribution in [2.24, 2.45) is 0 Å². The van der Waals surface area contributed by atoms with Crippen LogP contribution in [-0.4, -0.2) is 28.9 Å². The third-order valence-corrected chi connectivity index (χ3v) is 3.04. The molecule has 4 heteroatoms. The molecule has 0 spiro atoms. The van der Waals surface area contributed by atoms with E-state index in [1.807, 2.05) is 5.38 Å². The molecule has 0 amide bonds. The fourth-order valence-electron chi connectivity index (χ4n) is 1.60. The highest BCUT2D eigenvalue weighted by atomic mass is 32.1. The summed E-state index contributed by atoms with van der Waals surface area (Å²) < 4.78 is 5.26. The molecule has 1 aromatic rings. The highest BCUT2D eigenvalue weighted by molar-refractivity contribution is 7.09. The van der Waals surface area contributed by atoms with E-state index in [4.69, 9.17) is 4.74 Å². The van der Waals surface area contributed by atoms with E-state index in [0.717, 1.165) is 24.5 Å². The second kappa shape index (κ2) is 3.74. The number of ether oxygens (including phenoxy) is 1. The monoisotopic (exact) mass is 199 g/mol. The first-order valence-electron chi connectivity index (χ1n) is 4.47. The molecule has 1 N–H and O–H groups in total. The molecule has 2 rings (SSSR count). The summed E-state index contributed by atoms with van der Waals surface area (Å²) in [6.45, 7) is 1.23. The molecule has 0 saturated carbocycles. The lowest BCUT2D eigenvalue weighted by Gasteiger charge is -2.31. The average molecular weight is 199 g/mol. The Hall–Kier alpha value is -0.450. The van der Waals surface area contributed by atoms with Gasteiger partial charge in [-0.25, -0.2) is 4.98 Å². The smallest absolute Gasteiger partial charge is 0.0954 e. The first-order valence-corrected chi connectivity index (χ1v) is 5.35. The van der Waals surface area contributed by atoms with Crippen LogP contribution in [0.25, 0.3) is 0 Å². The summed E-state index contributed by atoms with van der Waals surface area (Å²) in [5.41, 5.74) is -0.671. The average Bonchev–Trinajstić information content (AvgIpc) is 2.57. The topological polar surface area (TPSA) is 42.4 Å². The van der Waals surface area contributed by atoms with Crippen molar-refractivity contribution in [1.29, 1.82) is 0 Å². The minimum atomic E-state index is -0.671. The maximum absolute atomic E-state index is 10.1. The minimum absolute atomic E-state index is 0.451. The van der Waals surface area contributed by atoms with Crippen molar-refractivity contribution in [1.82, 2.24) is 4.98 Å². The maximum atomic E-state index is 10.1. The largest absolute Gasteiger partial charge is 0.387 e. The number of nitrogens with zero attached hydrogens (tertiary/aromatic N) is 1. The Morgan fingerprint density at radius 1 is 1.69 bits per heavy atom. The predicted octanol–water partition coefficient (Wildman–Crippen LogP) is 1.23. The third kappa shape index (κ3) is 2.27. The summed E-state index contributed by atoms with van der Waals surface area (Å²) in [5.74, 6) is 0. The molecular weight excluding hydrogens is 186 g/mol. The second-order valence-corrected chi connectivity index (χ2v) is 4.46. The van der Waals surface area contributed by atoms with Crippen molar-refractivity contribution in [3.8, 4) is 0 Å². The first-order chi connectivity index (χ1) is 6.29. The van der Waals surface area contributed by atoms with E-state index in [1.165, 1.54) is 0 Å². The van der Waals surface area contributed by atoms with Gasteiger partial charge < -0.3 is 9.84 Å². The van der Waals surface area contributed by atoms with Crippen LogP contribution in [0.3, 0.4) is 0 Å². The number of rotatable bonds is 2. The first kappa shape index (κ1) is 9.12.